The average molecular weight is 313 g/mol. The smallest absolute Gasteiger partial charge is 0.106 e. The first-order valence-electron chi connectivity index (χ1n) is 7.95. The summed E-state index contributed by atoms with van der Waals surface area (Å²) in [7, 11) is 0. The van der Waals surface area contributed by atoms with Crippen LogP contribution >= 0.6 is 11.6 Å². The Hall–Kier alpha value is -0.640. The number of likely N-dealkylation sites (tertiary alicyclic amines) is 1. The summed E-state index contributed by atoms with van der Waals surface area (Å²) in [5.74, 6) is 0.403. The third-order valence-corrected chi connectivity index (χ3v) is 4.79. The van der Waals surface area contributed by atoms with Gasteiger partial charge in [0.2, 0.25) is 0 Å². The molecular weight excluding hydrogens is 287 g/mol. The minimum atomic E-state index is -0.198. The molecule has 2 rings (SSSR count). The van der Waals surface area contributed by atoms with Crippen LogP contribution in [0.1, 0.15) is 38.5 Å². The number of nitrogens with two attached hydrogens (primary N) is 1. The molecule has 1 saturated heterocycles. The Bertz CT molecular complexity index is 413. The largest absolute Gasteiger partial charge is 0.315 e. The van der Waals surface area contributed by atoms with Crippen LogP contribution in [0.2, 0.25) is 0 Å². The van der Waals surface area contributed by atoms with Gasteiger partial charge in [0, 0.05) is 24.0 Å². The molecule has 2 fully saturated rings. The third-order valence-electron chi connectivity index (χ3n) is 4.67. The van der Waals surface area contributed by atoms with Crippen LogP contribution in [0.15, 0.2) is 35.7 Å². The number of nitrogens with zero attached hydrogens (tertiary/aromatic N) is 1. The third kappa shape index (κ3) is 4.94. The monoisotopic (exact) mass is 312 g/mol. The molecule has 0 aromatic rings. The normalized spacial score (nSPS) is 29.4. The highest BCUT2D eigenvalue weighted by Crippen LogP contribution is 2.32. The van der Waals surface area contributed by atoms with Crippen LogP contribution in [0.5, 0.6) is 0 Å². The molecule has 0 spiro atoms. The van der Waals surface area contributed by atoms with E-state index < -0.39 is 0 Å². The second-order valence-corrected chi connectivity index (χ2v) is 6.73. The van der Waals surface area contributed by atoms with Crippen molar-refractivity contribution in [3.63, 3.8) is 0 Å². The Balaban J connectivity index is 1.87. The second-order valence-electron chi connectivity index (χ2n) is 6.24. The van der Waals surface area contributed by atoms with Crippen LogP contribution in [0.4, 0.5) is 4.39 Å². The van der Waals surface area contributed by atoms with Gasteiger partial charge in [0.15, 0.2) is 0 Å². The van der Waals surface area contributed by atoms with Crippen LogP contribution in [-0.4, -0.2) is 24.2 Å². The standard InChI is InChI=1S/C17H26ClFN2/c1-13(18)6-5-9-16(19)15-10-11-21(17(15)20)12-14-7-3-2-4-8-14/h5-6,9,14-15,17H,1-4,7-8,10-12,20H2/b6-5-,16-9-. The van der Waals surface area contributed by atoms with E-state index in [0.717, 1.165) is 25.4 Å². The van der Waals surface area contributed by atoms with E-state index in [2.05, 4.69) is 11.5 Å². The summed E-state index contributed by atoms with van der Waals surface area (Å²) in [5, 5.41) is 0.397. The topological polar surface area (TPSA) is 29.3 Å². The van der Waals surface area contributed by atoms with Crippen LogP contribution in [0.3, 0.4) is 0 Å². The van der Waals surface area contributed by atoms with E-state index in [1.807, 2.05) is 0 Å². The zero-order valence-electron chi connectivity index (χ0n) is 12.6. The van der Waals surface area contributed by atoms with Crippen molar-refractivity contribution in [2.24, 2.45) is 17.6 Å². The van der Waals surface area contributed by atoms with Crippen molar-refractivity contribution < 1.29 is 4.39 Å². The van der Waals surface area contributed by atoms with Gasteiger partial charge >= 0.3 is 0 Å². The Morgan fingerprint density at radius 1 is 1.29 bits per heavy atom. The molecule has 0 amide bonds. The van der Waals surface area contributed by atoms with Gasteiger partial charge in [0.25, 0.3) is 0 Å². The SMILES string of the molecule is C=C(Cl)/C=C\C=C(/F)C1CCN(CC2CCCCC2)C1N. The van der Waals surface area contributed by atoms with E-state index in [0.29, 0.717) is 5.03 Å². The molecule has 2 atom stereocenters. The van der Waals surface area contributed by atoms with E-state index in [-0.39, 0.29) is 17.9 Å². The predicted octanol–water partition coefficient (Wildman–Crippen LogP) is 4.34. The van der Waals surface area contributed by atoms with E-state index in [4.69, 9.17) is 17.3 Å². The molecule has 4 heteroatoms. The Labute approximate surface area is 132 Å². The lowest BCUT2D eigenvalue weighted by molar-refractivity contribution is 0.176. The predicted molar refractivity (Wildman–Crippen MR) is 87.6 cm³/mol. The van der Waals surface area contributed by atoms with Crippen molar-refractivity contribution >= 4 is 11.6 Å². The van der Waals surface area contributed by atoms with Gasteiger partial charge in [-0.15, -0.1) is 0 Å². The summed E-state index contributed by atoms with van der Waals surface area (Å²) < 4.78 is 14.2. The Morgan fingerprint density at radius 3 is 2.67 bits per heavy atom. The van der Waals surface area contributed by atoms with Gasteiger partial charge in [0.1, 0.15) is 5.83 Å². The van der Waals surface area contributed by atoms with E-state index >= 15 is 0 Å². The Morgan fingerprint density at radius 2 is 2.00 bits per heavy atom. The van der Waals surface area contributed by atoms with Gasteiger partial charge in [0.05, 0.1) is 6.17 Å². The summed E-state index contributed by atoms with van der Waals surface area (Å²) in [5.41, 5.74) is 6.25. The van der Waals surface area contributed by atoms with Crippen molar-refractivity contribution in [2.75, 3.05) is 13.1 Å². The summed E-state index contributed by atoms with van der Waals surface area (Å²) in [6.45, 7) is 5.46. The highest BCUT2D eigenvalue weighted by atomic mass is 35.5. The van der Waals surface area contributed by atoms with Gasteiger partial charge < -0.3 is 5.73 Å². The highest BCUT2D eigenvalue weighted by molar-refractivity contribution is 6.30. The Kier molecular flexibility index (Phi) is 6.46. The second kappa shape index (κ2) is 8.11. The molecule has 1 saturated carbocycles. The molecule has 0 aromatic carbocycles. The van der Waals surface area contributed by atoms with E-state index in [1.54, 1.807) is 12.2 Å². The summed E-state index contributed by atoms with van der Waals surface area (Å²) in [4.78, 5) is 2.26. The van der Waals surface area contributed by atoms with Gasteiger partial charge in [-0.2, -0.15) is 0 Å². The lowest BCUT2D eigenvalue weighted by Crippen LogP contribution is -2.43. The van der Waals surface area contributed by atoms with Crippen molar-refractivity contribution in [2.45, 2.75) is 44.7 Å². The van der Waals surface area contributed by atoms with E-state index in [1.165, 1.54) is 38.2 Å². The molecule has 2 aliphatic rings. The fourth-order valence-electron chi connectivity index (χ4n) is 3.46. The molecule has 0 bridgehead atoms. The van der Waals surface area contributed by atoms with Crippen molar-refractivity contribution in [3.05, 3.63) is 35.7 Å². The van der Waals surface area contributed by atoms with Crippen LogP contribution in [0.25, 0.3) is 0 Å². The summed E-state index contributed by atoms with van der Waals surface area (Å²) in [6, 6.07) is 0. The zero-order valence-corrected chi connectivity index (χ0v) is 13.4. The first kappa shape index (κ1) is 16.7. The van der Waals surface area contributed by atoms with Gasteiger partial charge in [-0.25, -0.2) is 4.39 Å². The fraction of sp³-hybridized carbons (Fsp3) is 0.647. The average Bonchev–Trinajstić information content (AvgIpc) is 2.81. The van der Waals surface area contributed by atoms with E-state index in [9.17, 15) is 4.39 Å². The maximum Gasteiger partial charge on any atom is 0.106 e. The van der Waals surface area contributed by atoms with Crippen molar-refractivity contribution in [3.8, 4) is 0 Å². The molecule has 21 heavy (non-hydrogen) atoms. The number of hydrogen-bond donors (Lipinski definition) is 1. The fourth-order valence-corrected chi connectivity index (χ4v) is 3.54. The molecular formula is C17H26ClFN2. The maximum atomic E-state index is 14.2. The van der Waals surface area contributed by atoms with Gasteiger partial charge in [-0.3, -0.25) is 4.90 Å². The maximum absolute atomic E-state index is 14.2. The van der Waals surface area contributed by atoms with Crippen molar-refractivity contribution in [1.82, 2.24) is 4.90 Å². The van der Waals surface area contributed by atoms with Gasteiger partial charge in [-0.1, -0.05) is 43.5 Å². The number of rotatable bonds is 5. The van der Waals surface area contributed by atoms with Gasteiger partial charge in [-0.05, 0) is 37.3 Å². The molecule has 0 aromatic heterocycles. The number of hydrogen-bond acceptors (Lipinski definition) is 2. The molecule has 1 aliphatic carbocycles. The molecule has 1 aliphatic heterocycles. The first-order valence-corrected chi connectivity index (χ1v) is 8.33. The zero-order chi connectivity index (χ0) is 15.2. The number of allylic oxidation sites excluding steroid dienone is 4. The molecule has 1 heterocycles. The minimum Gasteiger partial charge on any atom is -0.315 e. The van der Waals surface area contributed by atoms with Crippen LogP contribution < -0.4 is 5.73 Å². The minimum absolute atomic E-state index is 0.150. The lowest BCUT2D eigenvalue weighted by Gasteiger charge is -2.30. The summed E-state index contributed by atoms with van der Waals surface area (Å²) in [6.07, 6.45) is 11.9. The van der Waals surface area contributed by atoms with Crippen LogP contribution in [0, 0.1) is 11.8 Å². The quantitative estimate of drug-likeness (QED) is 0.765. The molecule has 118 valence electrons. The lowest BCUT2D eigenvalue weighted by atomic mass is 9.89. The van der Waals surface area contributed by atoms with Crippen molar-refractivity contribution in [1.29, 1.82) is 0 Å². The molecule has 2 unspecified atom stereocenters. The number of halogens is 2. The molecule has 2 nitrogen and oxygen atoms in total. The first-order chi connectivity index (χ1) is 10.1. The summed E-state index contributed by atoms with van der Waals surface area (Å²) >= 11 is 5.62. The highest BCUT2D eigenvalue weighted by Gasteiger charge is 2.35. The molecule has 0 radical (unpaired) electrons. The van der Waals surface area contributed by atoms with Crippen LogP contribution in [-0.2, 0) is 0 Å². The molecule has 2 N–H and O–H groups in total.